The molecule has 0 saturated carbocycles. The second-order valence-corrected chi connectivity index (χ2v) is 4.65. The zero-order chi connectivity index (χ0) is 13.3. The lowest BCUT2D eigenvalue weighted by atomic mass is 9.96. The van der Waals surface area contributed by atoms with Crippen LogP contribution in [0.1, 0.15) is 19.4 Å². The highest BCUT2D eigenvalue weighted by Crippen LogP contribution is 2.28. The maximum Gasteiger partial charge on any atom is 0.251 e. The van der Waals surface area contributed by atoms with Crippen LogP contribution in [0.2, 0.25) is 0 Å². The van der Waals surface area contributed by atoms with Crippen molar-refractivity contribution in [2.45, 2.75) is 19.4 Å². The third-order valence-electron chi connectivity index (χ3n) is 3.10. The number of imide groups is 1. The summed E-state index contributed by atoms with van der Waals surface area (Å²) in [6.45, 7) is 3.52. The maximum atomic E-state index is 11.9. The van der Waals surface area contributed by atoms with Crippen molar-refractivity contribution < 1.29 is 9.59 Å². The van der Waals surface area contributed by atoms with Crippen LogP contribution in [0.5, 0.6) is 0 Å². The summed E-state index contributed by atoms with van der Waals surface area (Å²) in [7, 11) is 0. The number of anilines is 1. The molecule has 1 aromatic carbocycles. The third kappa shape index (κ3) is 1.82. The molecular formula is C13H13N3O2. The molecule has 0 aromatic heterocycles. The monoisotopic (exact) mass is 243 g/mol. The van der Waals surface area contributed by atoms with Crippen molar-refractivity contribution in [1.82, 2.24) is 5.32 Å². The predicted molar refractivity (Wildman–Crippen MR) is 65.7 cm³/mol. The number of nitrogens with zero attached hydrogens (tertiary/aromatic N) is 2. The van der Waals surface area contributed by atoms with Gasteiger partial charge in [0.15, 0.2) is 0 Å². The lowest BCUT2D eigenvalue weighted by Crippen LogP contribution is -2.64. The Morgan fingerprint density at radius 2 is 2.00 bits per heavy atom. The zero-order valence-electron chi connectivity index (χ0n) is 10.2. The van der Waals surface area contributed by atoms with Crippen molar-refractivity contribution in [2.24, 2.45) is 0 Å². The average molecular weight is 243 g/mol. The minimum Gasteiger partial charge on any atom is -0.347 e. The second-order valence-electron chi connectivity index (χ2n) is 4.65. The van der Waals surface area contributed by atoms with Gasteiger partial charge in [-0.3, -0.25) is 14.9 Å². The molecule has 1 aliphatic heterocycles. The average Bonchev–Trinajstić information content (AvgIpc) is 2.34. The summed E-state index contributed by atoms with van der Waals surface area (Å²) in [5.74, 6) is -0.710. The Hall–Kier alpha value is -2.35. The molecule has 5 heteroatoms. The number of carbonyl (C=O) groups excluding carboxylic acids is 2. The van der Waals surface area contributed by atoms with Crippen LogP contribution in [0.3, 0.4) is 0 Å². The highest BCUT2D eigenvalue weighted by atomic mass is 16.2. The number of amides is 2. The fraction of sp³-hybridized carbons (Fsp3) is 0.308. The van der Waals surface area contributed by atoms with Gasteiger partial charge in [-0.2, -0.15) is 5.26 Å². The van der Waals surface area contributed by atoms with E-state index in [0.717, 1.165) is 0 Å². The molecule has 2 rings (SSSR count). The molecule has 0 radical (unpaired) electrons. The minimum absolute atomic E-state index is 0.0669. The molecule has 0 bridgehead atoms. The number of piperazine rings is 1. The standard InChI is InChI=1S/C13H13N3O2/c1-13(2)12(18)15-11(17)8-16(13)10-6-4-3-5-9(10)7-14/h3-6H,8H2,1-2H3,(H,15,17,18). The SMILES string of the molecule is CC1(C)C(=O)NC(=O)CN1c1ccccc1C#N. The van der Waals surface area contributed by atoms with Crippen LogP contribution >= 0.6 is 0 Å². The van der Waals surface area contributed by atoms with E-state index in [0.29, 0.717) is 11.3 Å². The molecule has 0 spiro atoms. The molecule has 0 unspecified atom stereocenters. The lowest BCUT2D eigenvalue weighted by molar-refractivity contribution is -0.135. The Balaban J connectivity index is 2.51. The van der Waals surface area contributed by atoms with E-state index in [1.165, 1.54) is 0 Å². The van der Waals surface area contributed by atoms with E-state index in [4.69, 9.17) is 5.26 Å². The number of nitrogens with one attached hydrogen (secondary N) is 1. The molecule has 1 N–H and O–H groups in total. The molecule has 1 heterocycles. The summed E-state index contributed by atoms with van der Waals surface area (Å²) in [5.41, 5.74) is 0.196. The quantitative estimate of drug-likeness (QED) is 0.740. The van der Waals surface area contributed by atoms with E-state index in [-0.39, 0.29) is 18.4 Å². The molecule has 2 amide bonds. The van der Waals surface area contributed by atoms with Crippen molar-refractivity contribution in [3.05, 3.63) is 29.8 Å². The Kier molecular flexibility index (Phi) is 2.79. The van der Waals surface area contributed by atoms with Crippen LogP contribution in [-0.4, -0.2) is 23.9 Å². The van der Waals surface area contributed by atoms with Gasteiger partial charge in [0.1, 0.15) is 11.6 Å². The van der Waals surface area contributed by atoms with Crippen LogP contribution in [0.4, 0.5) is 5.69 Å². The smallest absolute Gasteiger partial charge is 0.251 e. The van der Waals surface area contributed by atoms with Crippen LogP contribution < -0.4 is 10.2 Å². The number of para-hydroxylation sites is 1. The third-order valence-corrected chi connectivity index (χ3v) is 3.10. The normalized spacial score (nSPS) is 18.2. The Morgan fingerprint density at radius 1 is 1.33 bits per heavy atom. The fourth-order valence-corrected chi connectivity index (χ4v) is 1.97. The van der Waals surface area contributed by atoms with E-state index < -0.39 is 5.54 Å². The van der Waals surface area contributed by atoms with E-state index >= 15 is 0 Å². The van der Waals surface area contributed by atoms with Gasteiger partial charge in [-0.05, 0) is 26.0 Å². The molecule has 1 saturated heterocycles. The lowest BCUT2D eigenvalue weighted by Gasteiger charge is -2.42. The van der Waals surface area contributed by atoms with Gasteiger partial charge >= 0.3 is 0 Å². The summed E-state index contributed by atoms with van der Waals surface area (Å²) >= 11 is 0. The molecule has 92 valence electrons. The second kappa shape index (κ2) is 4.15. The first kappa shape index (κ1) is 12.1. The summed E-state index contributed by atoms with van der Waals surface area (Å²) in [6, 6.07) is 9.02. The van der Waals surface area contributed by atoms with Crippen LogP contribution in [-0.2, 0) is 9.59 Å². The summed E-state index contributed by atoms with van der Waals surface area (Å²) in [5, 5.41) is 11.4. The van der Waals surface area contributed by atoms with Crippen molar-refractivity contribution in [1.29, 1.82) is 5.26 Å². The number of rotatable bonds is 1. The summed E-state index contributed by atoms with van der Waals surface area (Å²) < 4.78 is 0. The first-order valence-corrected chi connectivity index (χ1v) is 5.58. The Bertz CT molecular complexity index is 558. The van der Waals surface area contributed by atoms with Gasteiger partial charge < -0.3 is 4.90 Å². The first-order valence-electron chi connectivity index (χ1n) is 5.58. The fourth-order valence-electron chi connectivity index (χ4n) is 1.97. The van der Waals surface area contributed by atoms with E-state index in [1.54, 1.807) is 43.0 Å². The van der Waals surface area contributed by atoms with E-state index in [1.807, 2.05) is 0 Å². The van der Waals surface area contributed by atoms with Gasteiger partial charge in [0.2, 0.25) is 5.91 Å². The van der Waals surface area contributed by atoms with Gasteiger partial charge in [-0.25, -0.2) is 0 Å². The van der Waals surface area contributed by atoms with Crippen molar-refractivity contribution in [3.8, 4) is 6.07 Å². The molecule has 18 heavy (non-hydrogen) atoms. The Morgan fingerprint density at radius 3 is 2.67 bits per heavy atom. The largest absolute Gasteiger partial charge is 0.347 e. The molecule has 0 atom stereocenters. The number of hydrogen-bond donors (Lipinski definition) is 1. The van der Waals surface area contributed by atoms with Gasteiger partial charge in [0.25, 0.3) is 5.91 Å². The number of carbonyl (C=O) groups is 2. The van der Waals surface area contributed by atoms with Gasteiger partial charge in [0.05, 0.1) is 17.8 Å². The molecule has 1 aromatic rings. The van der Waals surface area contributed by atoms with Crippen LogP contribution in [0, 0.1) is 11.3 Å². The highest BCUT2D eigenvalue weighted by Gasteiger charge is 2.41. The maximum absolute atomic E-state index is 11.9. The van der Waals surface area contributed by atoms with E-state index in [2.05, 4.69) is 11.4 Å². The number of nitriles is 1. The number of hydrogen-bond acceptors (Lipinski definition) is 4. The molecular weight excluding hydrogens is 230 g/mol. The van der Waals surface area contributed by atoms with Crippen molar-refractivity contribution in [3.63, 3.8) is 0 Å². The minimum atomic E-state index is -0.860. The van der Waals surface area contributed by atoms with Crippen LogP contribution in [0.15, 0.2) is 24.3 Å². The summed E-state index contributed by atoms with van der Waals surface area (Å²) in [4.78, 5) is 25.0. The highest BCUT2D eigenvalue weighted by molar-refractivity contribution is 6.06. The molecule has 5 nitrogen and oxygen atoms in total. The summed E-state index contributed by atoms with van der Waals surface area (Å²) in [6.07, 6.45) is 0. The Labute approximate surface area is 105 Å². The van der Waals surface area contributed by atoms with Crippen LogP contribution in [0.25, 0.3) is 0 Å². The number of benzene rings is 1. The van der Waals surface area contributed by atoms with Crippen molar-refractivity contribution in [2.75, 3.05) is 11.4 Å². The van der Waals surface area contributed by atoms with Crippen molar-refractivity contribution >= 4 is 17.5 Å². The molecule has 0 aliphatic carbocycles. The molecule has 1 fully saturated rings. The molecule has 1 aliphatic rings. The predicted octanol–water partition coefficient (Wildman–Crippen LogP) is 0.800. The first-order chi connectivity index (χ1) is 8.46. The van der Waals surface area contributed by atoms with Gasteiger partial charge in [-0.15, -0.1) is 0 Å². The van der Waals surface area contributed by atoms with E-state index in [9.17, 15) is 9.59 Å². The van der Waals surface area contributed by atoms with Gasteiger partial charge in [-0.1, -0.05) is 12.1 Å². The zero-order valence-corrected chi connectivity index (χ0v) is 10.2. The van der Waals surface area contributed by atoms with Gasteiger partial charge in [0, 0.05) is 0 Å². The topological polar surface area (TPSA) is 73.2 Å².